The molecule has 0 saturated heterocycles. The first-order chi connectivity index (χ1) is 7.72. The number of hydrogen-bond donors (Lipinski definition) is 1. The molecule has 2 heterocycles. The van der Waals surface area contributed by atoms with Crippen LogP contribution in [0.5, 0.6) is 0 Å². The van der Waals surface area contributed by atoms with Crippen LogP contribution in [-0.2, 0) is 9.57 Å². The van der Waals surface area contributed by atoms with E-state index in [0.717, 1.165) is 5.76 Å². The van der Waals surface area contributed by atoms with Gasteiger partial charge in [0.05, 0.1) is 18.9 Å². The van der Waals surface area contributed by atoms with Gasteiger partial charge in [-0.2, -0.15) is 0 Å². The first-order valence-electron chi connectivity index (χ1n) is 5.18. The van der Waals surface area contributed by atoms with Crippen LogP contribution in [0.2, 0.25) is 0 Å². The van der Waals surface area contributed by atoms with Crippen LogP contribution < -0.4 is 5.73 Å². The van der Waals surface area contributed by atoms with Crippen LogP contribution in [0.3, 0.4) is 0 Å². The third kappa shape index (κ3) is 2.05. The predicted molar refractivity (Wildman–Crippen MR) is 58.0 cm³/mol. The van der Waals surface area contributed by atoms with Crippen LogP contribution in [0, 0.1) is 0 Å². The van der Waals surface area contributed by atoms with Crippen molar-refractivity contribution in [1.29, 1.82) is 0 Å². The minimum Gasteiger partial charge on any atom is -0.467 e. The van der Waals surface area contributed by atoms with E-state index < -0.39 is 0 Å². The standard InChI is InChI=1S/C11H16N2O3/c1-8(7-14-2)13-9(6-11(12)16-13)10-4-3-5-15-10/h3-6,8-9H,7,12H2,1-2H3. The predicted octanol–water partition coefficient (Wildman–Crippen LogP) is 1.40. The van der Waals surface area contributed by atoms with Crippen molar-refractivity contribution in [3.63, 3.8) is 0 Å². The quantitative estimate of drug-likeness (QED) is 0.837. The van der Waals surface area contributed by atoms with Gasteiger partial charge < -0.3 is 19.7 Å². The molecule has 2 atom stereocenters. The summed E-state index contributed by atoms with van der Waals surface area (Å²) in [7, 11) is 1.66. The van der Waals surface area contributed by atoms with Crippen molar-refractivity contribution in [3.05, 3.63) is 36.1 Å². The summed E-state index contributed by atoms with van der Waals surface area (Å²) in [5, 5.41) is 1.78. The molecule has 88 valence electrons. The molecule has 0 spiro atoms. The van der Waals surface area contributed by atoms with Crippen LogP contribution in [0.25, 0.3) is 0 Å². The molecule has 0 amide bonds. The number of nitrogens with zero attached hydrogens (tertiary/aromatic N) is 1. The average Bonchev–Trinajstić information content (AvgIpc) is 2.85. The fraction of sp³-hybridized carbons (Fsp3) is 0.455. The van der Waals surface area contributed by atoms with Gasteiger partial charge in [-0.15, -0.1) is 5.06 Å². The summed E-state index contributed by atoms with van der Waals surface area (Å²) in [4.78, 5) is 5.44. The van der Waals surface area contributed by atoms with Crippen molar-refractivity contribution < 1.29 is 14.0 Å². The summed E-state index contributed by atoms with van der Waals surface area (Å²) in [6.07, 6.45) is 3.46. The topological polar surface area (TPSA) is 60.9 Å². The minimum atomic E-state index is -0.0832. The number of rotatable bonds is 4. The fourth-order valence-corrected chi connectivity index (χ4v) is 1.78. The Balaban J connectivity index is 2.14. The fourth-order valence-electron chi connectivity index (χ4n) is 1.78. The number of ether oxygens (including phenoxy) is 1. The Hall–Kier alpha value is -1.46. The average molecular weight is 224 g/mol. The first-order valence-corrected chi connectivity index (χ1v) is 5.18. The second-order valence-electron chi connectivity index (χ2n) is 3.78. The summed E-state index contributed by atoms with van der Waals surface area (Å²) >= 11 is 0. The Bertz CT molecular complexity index is 361. The van der Waals surface area contributed by atoms with Crippen molar-refractivity contribution >= 4 is 0 Å². The van der Waals surface area contributed by atoms with Gasteiger partial charge in [-0.3, -0.25) is 0 Å². The summed E-state index contributed by atoms with van der Waals surface area (Å²) < 4.78 is 10.5. The lowest BCUT2D eigenvalue weighted by molar-refractivity contribution is -0.161. The van der Waals surface area contributed by atoms with E-state index in [0.29, 0.717) is 12.5 Å². The largest absolute Gasteiger partial charge is 0.467 e. The molecule has 2 rings (SSSR count). The highest BCUT2D eigenvalue weighted by Crippen LogP contribution is 2.31. The van der Waals surface area contributed by atoms with E-state index in [9.17, 15) is 0 Å². The SMILES string of the molecule is COCC(C)N1OC(N)=CC1c1ccco1. The zero-order valence-electron chi connectivity index (χ0n) is 9.42. The molecule has 1 aliphatic heterocycles. The van der Waals surface area contributed by atoms with E-state index in [4.69, 9.17) is 19.7 Å². The van der Waals surface area contributed by atoms with Crippen molar-refractivity contribution in [2.45, 2.75) is 19.0 Å². The van der Waals surface area contributed by atoms with Gasteiger partial charge in [0.15, 0.2) is 0 Å². The summed E-state index contributed by atoms with van der Waals surface area (Å²) in [6, 6.07) is 3.75. The van der Waals surface area contributed by atoms with Gasteiger partial charge in [0.2, 0.25) is 5.88 Å². The van der Waals surface area contributed by atoms with E-state index >= 15 is 0 Å². The second kappa shape index (κ2) is 4.59. The summed E-state index contributed by atoms with van der Waals surface area (Å²) in [5.41, 5.74) is 5.67. The van der Waals surface area contributed by atoms with Gasteiger partial charge in [-0.05, 0) is 19.1 Å². The summed E-state index contributed by atoms with van der Waals surface area (Å²) in [6.45, 7) is 2.57. The third-order valence-electron chi connectivity index (χ3n) is 2.48. The highest BCUT2D eigenvalue weighted by atomic mass is 16.7. The zero-order chi connectivity index (χ0) is 11.5. The molecule has 1 aromatic rings. The van der Waals surface area contributed by atoms with Gasteiger partial charge in [0, 0.05) is 13.2 Å². The van der Waals surface area contributed by atoms with Crippen LogP contribution in [-0.4, -0.2) is 24.8 Å². The maximum atomic E-state index is 5.67. The Morgan fingerprint density at radius 1 is 1.62 bits per heavy atom. The van der Waals surface area contributed by atoms with E-state index in [1.54, 1.807) is 18.4 Å². The minimum absolute atomic E-state index is 0.0832. The van der Waals surface area contributed by atoms with Gasteiger partial charge >= 0.3 is 0 Å². The summed E-state index contributed by atoms with van der Waals surface area (Å²) in [5.74, 6) is 1.20. The van der Waals surface area contributed by atoms with E-state index in [2.05, 4.69) is 0 Å². The van der Waals surface area contributed by atoms with Crippen molar-refractivity contribution in [2.75, 3.05) is 13.7 Å². The van der Waals surface area contributed by atoms with Crippen LogP contribution in [0.4, 0.5) is 0 Å². The van der Waals surface area contributed by atoms with Crippen LogP contribution in [0.15, 0.2) is 34.8 Å². The molecule has 5 nitrogen and oxygen atoms in total. The van der Waals surface area contributed by atoms with Gasteiger partial charge in [0.25, 0.3) is 0 Å². The molecule has 16 heavy (non-hydrogen) atoms. The number of hydroxylamine groups is 2. The van der Waals surface area contributed by atoms with Crippen LogP contribution in [0.1, 0.15) is 18.7 Å². The van der Waals surface area contributed by atoms with E-state index in [-0.39, 0.29) is 12.1 Å². The Kier molecular flexibility index (Phi) is 3.17. The van der Waals surface area contributed by atoms with Crippen molar-refractivity contribution in [3.8, 4) is 0 Å². The molecule has 0 bridgehead atoms. The smallest absolute Gasteiger partial charge is 0.207 e. The van der Waals surface area contributed by atoms with Crippen molar-refractivity contribution in [2.24, 2.45) is 5.73 Å². The van der Waals surface area contributed by atoms with E-state index in [1.807, 2.05) is 25.1 Å². The maximum absolute atomic E-state index is 5.67. The monoisotopic (exact) mass is 224 g/mol. The highest BCUT2D eigenvalue weighted by molar-refractivity contribution is 5.15. The molecule has 5 heteroatoms. The number of furan rings is 1. The lowest BCUT2D eigenvalue weighted by Gasteiger charge is -2.26. The number of hydrogen-bond acceptors (Lipinski definition) is 5. The molecular weight excluding hydrogens is 208 g/mol. The molecule has 0 aliphatic carbocycles. The molecule has 0 fully saturated rings. The zero-order valence-corrected chi connectivity index (χ0v) is 9.42. The second-order valence-corrected chi connectivity index (χ2v) is 3.78. The lowest BCUT2D eigenvalue weighted by Crippen LogP contribution is -2.35. The molecule has 2 unspecified atom stereocenters. The first kappa shape index (κ1) is 11.0. The Morgan fingerprint density at radius 3 is 3.06 bits per heavy atom. The number of nitrogens with two attached hydrogens (primary N) is 1. The molecule has 1 aromatic heterocycles. The van der Waals surface area contributed by atoms with Gasteiger partial charge in [-0.1, -0.05) is 0 Å². The van der Waals surface area contributed by atoms with Crippen LogP contribution >= 0.6 is 0 Å². The third-order valence-corrected chi connectivity index (χ3v) is 2.48. The Morgan fingerprint density at radius 2 is 2.44 bits per heavy atom. The van der Waals surface area contributed by atoms with Gasteiger partial charge in [0.1, 0.15) is 11.8 Å². The van der Waals surface area contributed by atoms with Crippen molar-refractivity contribution in [1.82, 2.24) is 5.06 Å². The molecule has 0 aromatic carbocycles. The number of methoxy groups -OCH3 is 1. The highest BCUT2D eigenvalue weighted by Gasteiger charge is 2.33. The van der Waals surface area contributed by atoms with E-state index in [1.165, 1.54) is 0 Å². The maximum Gasteiger partial charge on any atom is 0.207 e. The molecule has 0 radical (unpaired) electrons. The van der Waals surface area contributed by atoms with Gasteiger partial charge in [-0.25, -0.2) is 0 Å². The molecule has 2 N–H and O–H groups in total. The molecule has 1 aliphatic rings. The lowest BCUT2D eigenvalue weighted by atomic mass is 10.2. The normalized spacial score (nSPS) is 22.9. The molecule has 0 saturated carbocycles. The molecular formula is C11H16N2O3. The Labute approximate surface area is 94.4 Å².